The number of nitrogens with zero attached hydrogens (tertiary/aromatic N) is 1. The van der Waals surface area contributed by atoms with Crippen LogP contribution in [0.2, 0.25) is 0 Å². The van der Waals surface area contributed by atoms with E-state index < -0.39 is 17.9 Å². The lowest BCUT2D eigenvalue weighted by Crippen LogP contribution is -2.40. The summed E-state index contributed by atoms with van der Waals surface area (Å²) in [5.74, 6) is -1.82. The van der Waals surface area contributed by atoms with Crippen LogP contribution in [-0.4, -0.2) is 17.7 Å². The van der Waals surface area contributed by atoms with Crippen LogP contribution in [0.25, 0.3) is 11.1 Å². The Morgan fingerprint density at radius 1 is 1.00 bits per heavy atom. The molecule has 2 aromatic carbocycles. The molecule has 1 aromatic heterocycles. The van der Waals surface area contributed by atoms with Crippen LogP contribution in [0.15, 0.2) is 66.0 Å². The Labute approximate surface area is 160 Å². The molecule has 0 bridgehead atoms. The third-order valence-corrected chi connectivity index (χ3v) is 5.50. The number of carbonyl (C=O) groups excluding carboxylic acids is 3. The van der Waals surface area contributed by atoms with Crippen molar-refractivity contribution in [2.75, 3.05) is 4.90 Å². The number of amides is 3. The second kappa shape index (κ2) is 6.81. The number of ketones is 1. The summed E-state index contributed by atoms with van der Waals surface area (Å²) < 4.78 is 0. The van der Waals surface area contributed by atoms with E-state index in [0.29, 0.717) is 11.3 Å². The van der Waals surface area contributed by atoms with Gasteiger partial charge in [-0.3, -0.25) is 9.59 Å². The lowest BCUT2D eigenvalue weighted by Gasteiger charge is -2.13. The Morgan fingerprint density at radius 2 is 1.78 bits per heavy atom. The van der Waals surface area contributed by atoms with Crippen molar-refractivity contribution in [1.29, 1.82) is 0 Å². The first-order chi connectivity index (χ1) is 13.1. The summed E-state index contributed by atoms with van der Waals surface area (Å²) in [5.41, 5.74) is 8.16. The maximum atomic E-state index is 12.8. The van der Waals surface area contributed by atoms with Gasteiger partial charge in [-0.2, -0.15) is 0 Å². The zero-order valence-electron chi connectivity index (χ0n) is 14.3. The van der Waals surface area contributed by atoms with E-state index in [9.17, 15) is 14.4 Å². The van der Waals surface area contributed by atoms with E-state index in [1.54, 1.807) is 12.1 Å². The van der Waals surface area contributed by atoms with Gasteiger partial charge >= 0.3 is 6.03 Å². The number of Topliss-reactive ketones (excluding diaryl/α,β-unsaturated/α-hetero) is 1. The van der Waals surface area contributed by atoms with Crippen molar-refractivity contribution in [1.82, 2.24) is 0 Å². The molecule has 2 heterocycles. The van der Waals surface area contributed by atoms with Crippen molar-refractivity contribution in [3.63, 3.8) is 0 Å². The molecule has 27 heavy (non-hydrogen) atoms. The molecule has 5 nitrogen and oxygen atoms in total. The number of thiophene rings is 1. The van der Waals surface area contributed by atoms with Crippen molar-refractivity contribution >= 4 is 34.7 Å². The van der Waals surface area contributed by atoms with Gasteiger partial charge in [0.1, 0.15) is 5.92 Å². The Balaban J connectivity index is 1.76. The Kier molecular flexibility index (Phi) is 4.33. The second-order valence-corrected chi connectivity index (χ2v) is 7.34. The van der Waals surface area contributed by atoms with E-state index in [0.717, 1.165) is 20.9 Å². The summed E-state index contributed by atoms with van der Waals surface area (Å²) in [6, 6.07) is 17.8. The first-order valence-corrected chi connectivity index (χ1v) is 9.32. The monoisotopic (exact) mass is 376 g/mol. The first-order valence-electron chi connectivity index (χ1n) is 8.44. The molecule has 1 atom stereocenters. The number of fused-ring (bicyclic) bond motifs is 1. The quantitative estimate of drug-likeness (QED) is 0.705. The Bertz CT molecular complexity index is 1030. The molecule has 1 aliphatic rings. The third-order valence-electron chi connectivity index (χ3n) is 4.63. The van der Waals surface area contributed by atoms with Gasteiger partial charge in [0.15, 0.2) is 5.78 Å². The minimum absolute atomic E-state index is 0.153. The highest BCUT2D eigenvalue weighted by Gasteiger charge is 2.43. The van der Waals surface area contributed by atoms with Gasteiger partial charge in [-0.05, 0) is 34.2 Å². The molecule has 0 spiro atoms. The number of benzene rings is 2. The van der Waals surface area contributed by atoms with Gasteiger partial charge in [0, 0.05) is 11.3 Å². The molecule has 0 saturated heterocycles. The SMILES string of the molecule is NC(=O)N1C(=O)C(C(=O)Cc2cccs2)c2ccc(-c3ccccc3)cc21. The molecule has 1 aliphatic heterocycles. The highest BCUT2D eigenvalue weighted by atomic mass is 32.1. The van der Waals surface area contributed by atoms with Crippen molar-refractivity contribution in [2.45, 2.75) is 12.3 Å². The molecule has 2 N–H and O–H groups in total. The molecule has 0 saturated carbocycles. The molecule has 134 valence electrons. The molecule has 3 aromatic rings. The van der Waals surface area contributed by atoms with Crippen molar-refractivity contribution in [2.24, 2.45) is 5.73 Å². The summed E-state index contributed by atoms with van der Waals surface area (Å²) in [4.78, 5) is 39.4. The minimum Gasteiger partial charge on any atom is -0.351 e. The number of imide groups is 1. The maximum absolute atomic E-state index is 12.8. The average Bonchev–Trinajstić information content (AvgIpc) is 3.26. The van der Waals surface area contributed by atoms with Crippen LogP contribution in [0, 0.1) is 0 Å². The highest BCUT2D eigenvalue weighted by molar-refractivity contribution is 7.10. The Morgan fingerprint density at radius 3 is 2.44 bits per heavy atom. The summed E-state index contributed by atoms with van der Waals surface area (Å²) in [6.07, 6.45) is 0.153. The van der Waals surface area contributed by atoms with E-state index in [2.05, 4.69) is 0 Å². The standard InChI is InChI=1S/C21H16N2O3S/c22-21(26)23-17-11-14(13-5-2-1-3-6-13)8-9-16(17)19(20(23)25)18(24)12-15-7-4-10-27-15/h1-11,19H,12H2,(H2,22,26). The van der Waals surface area contributed by atoms with Crippen LogP contribution < -0.4 is 10.6 Å². The van der Waals surface area contributed by atoms with E-state index in [4.69, 9.17) is 5.73 Å². The number of nitrogens with two attached hydrogens (primary N) is 1. The summed E-state index contributed by atoms with van der Waals surface area (Å²) >= 11 is 1.46. The molecular formula is C21H16N2O3S. The van der Waals surface area contributed by atoms with Gasteiger partial charge in [-0.25, -0.2) is 9.69 Å². The number of rotatable bonds is 4. The van der Waals surface area contributed by atoms with Gasteiger partial charge in [-0.1, -0.05) is 48.5 Å². The molecule has 4 rings (SSSR count). The second-order valence-electron chi connectivity index (χ2n) is 6.31. The third kappa shape index (κ3) is 3.04. The number of carbonyl (C=O) groups is 3. The fraction of sp³-hybridized carbons (Fsp3) is 0.0952. The molecule has 6 heteroatoms. The topological polar surface area (TPSA) is 80.5 Å². The van der Waals surface area contributed by atoms with Crippen molar-refractivity contribution in [3.8, 4) is 11.1 Å². The highest BCUT2D eigenvalue weighted by Crippen LogP contribution is 2.40. The molecule has 0 fully saturated rings. The summed E-state index contributed by atoms with van der Waals surface area (Å²) in [7, 11) is 0. The molecule has 0 radical (unpaired) electrons. The lowest BCUT2D eigenvalue weighted by molar-refractivity contribution is -0.127. The van der Waals surface area contributed by atoms with Gasteiger partial charge in [-0.15, -0.1) is 11.3 Å². The van der Waals surface area contributed by atoms with Crippen LogP contribution in [-0.2, 0) is 16.0 Å². The smallest absolute Gasteiger partial charge is 0.326 e. The van der Waals surface area contributed by atoms with E-state index in [-0.39, 0.29) is 12.2 Å². The van der Waals surface area contributed by atoms with E-state index >= 15 is 0 Å². The Hall–Kier alpha value is -3.25. The summed E-state index contributed by atoms with van der Waals surface area (Å²) in [5, 5.41) is 1.88. The predicted octanol–water partition coefficient (Wildman–Crippen LogP) is 3.74. The van der Waals surface area contributed by atoms with Crippen molar-refractivity contribution < 1.29 is 14.4 Å². The zero-order chi connectivity index (χ0) is 19.0. The van der Waals surface area contributed by atoms with Crippen LogP contribution >= 0.6 is 11.3 Å². The minimum atomic E-state index is -1.00. The number of anilines is 1. The molecular weight excluding hydrogens is 360 g/mol. The van der Waals surface area contributed by atoms with Crippen molar-refractivity contribution in [3.05, 3.63) is 76.5 Å². The van der Waals surface area contributed by atoms with E-state index in [1.165, 1.54) is 11.3 Å². The van der Waals surface area contributed by atoms with Gasteiger partial charge in [0.25, 0.3) is 0 Å². The zero-order valence-corrected chi connectivity index (χ0v) is 15.1. The van der Waals surface area contributed by atoms with E-state index in [1.807, 2.05) is 53.9 Å². The maximum Gasteiger partial charge on any atom is 0.326 e. The average molecular weight is 376 g/mol. The van der Waals surface area contributed by atoms with Gasteiger partial charge in [0.2, 0.25) is 5.91 Å². The lowest BCUT2D eigenvalue weighted by atomic mass is 9.92. The van der Waals surface area contributed by atoms with Crippen LogP contribution in [0.4, 0.5) is 10.5 Å². The molecule has 3 amide bonds. The predicted molar refractivity (Wildman–Crippen MR) is 105 cm³/mol. The fourth-order valence-electron chi connectivity index (χ4n) is 3.40. The van der Waals surface area contributed by atoms with Crippen LogP contribution in [0.1, 0.15) is 16.4 Å². The van der Waals surface area contributed by atoms with Crippen LogP contribution in [0.5, 0.6) is 0 Å². The number of primary amides is 1. The normalized spacial score (nSPS) is 15.6. The van der Waals surface area contributed by atoms with Crippen LogP contribution in [0.3, 0.4) is 0 Å². The number of hydrogen-bond acceptors (Lipinski definition) is 4. The molecule has 0 aliphatic carbocycles. The molecule has 1 unspecified atom stereocenters. The number of hydrogen-bond donors (Lipinski definition) is 1. The first kappa shape index (κ1) is 17.2. The summed E-state index contributed by atoms with van der Waals surface area (Å²) in [6.45, 7) is 0. The number of urea groups is 1. The fourth-order valence-corrected chi connectivity index (χ4v) is 4.11. The largest absolute Gasteiger partial charge is 0.351 e. The van der Waals surface area contributed by atoms with Gasteiger partial charge in [0.05, 0.1) is 5.69 Å². The van der Waals surface area contributed by atoms with Gasteiger partial charge < -0.3 is 5.73 Å².